The van der Waals surface area contributed by atoms with Gasteiger partial charge in [0.05, 0.1) is 7.11 Å². The van der Waals surface area contributed by atoms with Crippen LogP contribution in [0.15, 0.2) is 12.2 Å². The molecule has 0 fully saturated rings. The Morgan fingerprint density at radius 1 is 1.46 bits per heavy atom. The summed E-state index contributed by atoms with van der Waals surface area (Å²) in [5, 5.41) is 0. The van der Waals surface area contributed by atoms with Crippen LogP contribution in [0.5, 0.6) is 0 Å². The average Bonchev–Trinajstić information content (AvgIpc) is 2.04. The molecule has 0 amide bonds. The topological polar surface area (TPSA) is 26.3 Å². The molecule has 0 aromatic heterocycles. The molecule has 0 saturated carbocycles. The predicted octanol–water partition coefficient (Wildman–Crippen LogP) is 2.73. The zero-order chi connectivity index (χ0) is 8.53. The number of ether oxygens (including phenoxy) is 1. The van der Waals surface area contributed by atoms with Crippen LogP contribution in [0.3, 0.4) is 0 Å². The second-order valence-electron chi connectivity index (χ2n) is 2.27. The van der Waals surface area contributed by atoms with Crippen molar-refractivity contribution < 1.29 is 29.0 Å². The van der Waals surface area contributed by atoms with Gasteiger partial charge in [-0.1, -0.05) is 18.9 Å². The molecule has 0 aromatic carbocycles. The van der Waals surface area contributed by atoms with Crippen LogP contribution >= 0.6 is 24.0 Å². The summed E-state index contributed by atoms with van der Waals surface area (Å²) in [5.74, 6) is -0.278. The number of hydrogen-bond acceptors (Lipinski definition) is 2. The fourth-order valence-electron chi connectivity index (χ4n) is 0.687. The smallest absolute Gasteiger partial charge is 0.330 e. The molecule has 13 heavy (non-hydrogen) atoms. The summed E-state index contributed by atoms with van der Waals surface area (Å²) in [6.07, 6.45) is 7.41. The van der Waals surface area contributed by atoms with Gasteiger partial charge in [0, 0.05) is 25.6 Å². The molecule has 0 heterocycles. The number of methoxy groups -OCH3 is 1. The number of allylic oxidation sites excluding steroid dienone is 1. The first-order chi connectivity index (χ1) is 5.31. The third-order valence-corrected chi connectivity index (χ3v) is 1.33. The van der Waals surface area contributed by atoms with E-state index >= 15 is 0 Å². The van der Waals surface area contributed by atoms with Gasteiger partial charge in [0.1, 0.15) is 0 Å². The zero-order valence-corrected chi connectivity index (χ0v) is 13.4. The Morgan fingerprint density at radius 2 is 2.08 bits per heavy atom. The molecular weight excluding hydrogens is 332 g/mol. The van der Waals surface area contributed by atoms with Crippen molar-refractivity contribution >= 4 is 29.9 Å². The van der Waals surface area contributed by atoms with E-state index in [1.165, 1.54) is 13.2 Å². The molecule has 0 unspecified atom stereocenters. The molecule has 0 atom stereocenters. The molecular formula is C9H16IO2Zn-. The molecule has 4 heteroatoms. The minimum atomic E-state index is -0.278. The van der Waals surface area contributed by atoms with E-state index in [0.29, 0.717) is 0 Å². The molecule has 0 aliphatic heterocycles. The van der Waals surface area contributed by atoms with Crippen LogP contribution in [0.4, 0.5) is 0 Å². The van der Waals surface area contributed by atoms with E-state index in [4.69, 9.17) is 0 Å². The van der Waals surface area contributed by atoms with Crippen molar-refractivity contribution in [2.45, 2.75) is 25.7 Å². The van der Waals surface area contributed by atoms with Crippen LogP contribution in [0, 0.1) is 6.92 Å². The van der Waals surface area contributed by atoms with Crippen molar-refractivity contribution in [3.8, 4) is 0 Å². The molecule has 0 N–H and O–H groups in total. The Kier molecular flexibility index (Phi) is 22.2. The molecule has 0 aromatic rings. The molecule has 0 bridgehead atoms. The number of hydrogen-bond donors (Lipinski definition) is 0. The summed E-state index contributed by atoms with van der Waals surface area (Å²) < 4.78 is 4.42. The van der Waals surface area contributed by atoms with Gasteiger partial charge in [-0.25, -0.2) is 4.79 Å². The number of esters is 1. The molecule has 0 aliphatic rings. The van der Waals surface area contributed by atoms with Crippen molar-refractivity contribution in [3.63, 3.8) is 0 Å². The summed E-state index contributed by atoms with van der Waals surface area (Å²) >= 11 is 0. The van der Waals surface area contributed by atoms with Gasteiger partial charge in [-0.3, -0.25) is 0 Å². The molecule has 0 spiro atoms. The minimum Gasteiger partial charge on any atom is -0.466 e. The average molecular weight is 349 g/mol. The van der Waals surface area contributed by atoms with E-state index in [-0.39, 0.29) is 49.4 Å². The molecule has 74 valence electrons. The van der Waals surface area contributed by atoms with E-state index in [2.05, 4.69) is 11.7 Å². The van der Waals surface area contributed by atoms with Crippen molar-refractivity contribution in [1.29, 1.82) is 0 Å². The Hall–Kier alpha value is 0.563. The number of carbonyl (C=O) groups is 1. The Bertz CT molecular complexity index is 138. The normalized spacial score (nSPS) is 8.77. The van der Waals surface area contributed by atoms with Crippen molar-refractivity contribution in [3.05, 3.63) is 19.1 Å². The van der Waals surface area contributed by atoms with Gasteiger partial charge in [0.15, 0.2) is 0 Å². The quantitative estimate of drug-likeness (QED) is 0.191. The predicted molar refractivity (Wildman–Crippen MR) is 60.4 cm³/mol. The molecule has 0 rings (SSSR count). The maximum Gasteiger partial charge on any atom is 0.330 e. The largest absolute Gasteiger partial charge is 0.466 e. The summed E-state index contributed by atoms with van der Waals surface area (Å²) in [7, 11) is 1.38. The van der Waals surface area contributed by atoms with Gasteiger partial charge in [-0.2, -0.15) is 6.42 Å². The van der Waals surface area contributed by atoms with Crippen molar-refractivity contribution in [1.82, 2.24) is 0 Å². The first-order valence-electron chi connectivity index (χ1n) is 3.85. The Labute approximate surface area is 110 Å². The fraction of sp³-hybridized carbons (Fsp3) is 0.556. The van der Waals surface area contributed by atoms with E-state index < -0.39 is 0 Å². The van der Waals surface area contributed by atoms with Crippen LogP contribution in [0.2, 0.25) is 0 Å². The van der Waals surface area contributed by atoms with E-state index in [9.17, 15) is 4.79 Å². The van der Waals surface area contributed by atoms with Crippen LogP contribution in [-0.4, -0.2) is 13.1 Å². The SMILES string of the molecule is I.[CH2-]CCCCC=CC(=O)OC.[Zn]. The first-order valence-corrected chi connectivity index (χ1v) is 3.85. The second-order valence-corrected chi connectivity index (χ2v) is 2.27. The second kappa shape index (κ2) is 15.1. The van der Waals surface area contributed by atoms with Crippen molar-refractivity contribution in [2.24, 2.45) is 0 Å². The maximum absolute atomic E-state index is 10.5. The maximum atomic E-state index is 10.5. The number of rotatable bonds is 5. The number of halogens is 1. The molecule has 2 nitrogen and oxygen atoms in total. The van der Waals surface area contributed by atoms with Gasteiger partial charge < -0.3 is 11.7 Å². The zero-order valence-electron chi connectivity index (χ0n) is 8.12. The first kappa shape index (κ1) is 19.2. The summed E-state index contributed by atoms with van der Waals surface area (Å²) in [5.41, 5.74) is 0. The third kappa shape index (κ3) is 15.3. The monoisotopic (exact) mass is 347 g/mol. The molecule has 0 saturated heterocycles. The van der Waals surface area contributed by atoms with E-state index in [1.54, 1.807) is 0 Å². The van der Waals surface area contributed by atoms with E-state index in [0.717, 1.165) is 25.7 Å². The number of unbranched alkanes of at least 4 members (excludes halogenated alkanes) is 3. The van der Waals surface area contributed by atoms with Gasteiger partial charge in [-0.05, 0) is 6.42 Å². The number of carbonyl (C=O) groups excluding carboxylic acids is 1. The van der Waals surface area contributed by atoms with E-state index in [1.807, 2.05) is 6.08 Å². The standard InChI is InChI=1S/C9H15O2.HI.Zn/c1-3-4-5-6-7-8-9(10)11-2;;/h7-8H,1,3-6H2,2H3;1H;/q-1;;. The Morgan fingerprint density at radius 3 is 2.54 bits per heavy atom. The minimum absolute atomic E-state index is 0. The molecule has 0 aliphatic carbocycles. The molecule has 0 radical (unpaired) electrons. The van der Waals surface area contributed by atoms with Crippen LogP contribution in [-0.2, 0) is 29.0 Å². The van der Waals surface area contributed by atoms with Gasteiger partial charge in [0.25, 0.3) is 0 Å². The van der Waals surface area contributed by atoms with Gasteiger partial charge >= 0.3 is 5.97 Å². The summed E-state index contributed by atoms with van der Waals surface area (Å²) in [6.45, 7) is 3.72. The fourth-order valence-corrected chi connectivity index (χ4v) is 0.687. The van der Waals surface area contributed by atoms with Crippen molar-refractivity contribution in [2.75, 3.05) is 7.11 Å². The van der Waals surface area contributed by atoms with Gasteiger partial charge in [-0.15, -0.1) is 24.0 Å². The third-order valence-electron chi connectivity index (χ3n) is 1.33. The van der Waals surface area contributed by atoms with Crippen LogP contribution in [0.25, 0.3) is 0 Å². The van der Waals surface area contributed by atoms with Crippen LogP contribution < -0.4 is 0 Å². The summed E-state index contributed by atoms with van der Waals surface area (Å²) in [6, 6.07) is 0. The Balaban J connectivity index is -0.000000500. The summed E-state index contributed by atoms with van der Waals surface area (Å²) in [4.78, 5) is 10.5. The van der Waals surface area contributed by atoms with Gasteiger partial charge in [0.2, 0.25) is 0 Å². The van der Waals surface area contributed by atoms with Crippen LogP contribution in [0.1, 0.15) is 25.7 Å².